The second-order valence-electron chi connectivity index (χ2n) is 4.16. The lowest BCUT2D eigenvalue weighted by atomic mass is 10.3. The van der Waals surface area contributed by atoms with Crippen LogP contribution in [0.5, 0.6) is 0 Å². The van der Waals surface area contributed by atoms with Gasteiger partial charge >= 0.3 is 0 Å². The maximum Gasteiger partial charge on any atom is 0.283 e. The molecule has 0 fully saturated rings. The minimum atomic E-state index is -0.896. The predicted molar refractivity (Wildman–Crippen MR) is 78.8 cm³/mol. The number of hydrogen-bond donors (Lipinski definition) is 0. The number of pyridine rings is 1. The average molecular weight is 313 g/mol. The van der Waals surface area contributed by atoms with E-state index in [-0.39, 0.29) is 0 Å². The first-order valence-corrected chi connectivity index (χ1v) is 6.38. The van der Waals surface area contributed by atoms with Crippen LogP contribution in [0.4, 0.5) is 11.8 Å². The van der Waals surface area contributed by atoms with Crippen molar-refractivity contribution < 1.29 is 14.4 Å². The van der Waals surface area contributed by atoms with Gasteiger partial charge in [-0.3, -0.25) is 0 Å². The Morgan fingerprint density at radius 1 is 0.913 bits per heavy atom. The number of hydrogen-bond acceptors (Lipinski definition) is 5. The largest absolute Gasteiger partial charge is 0.458 e. The zero-order valence-corrected chi connectivity index (χ0v) is 11.7. The lowest BCUT2D eigenvalue weighted by Gasteiger charge is -1.95. The van der Waals surface area contributed by atoms with Gasteiger partial charge in [0.15, 0.2) is 12.4 Å². The van der Waals surface area contributed by atoms with Gasteiger partial charge in [0.2, 0.25) is 5.69 Å². The van der Waals surface area contributed by atoms with Gasteiger partial charge in [0, 0.05) is 24.3 Å². The summed E-state index contributed by atoms with van der Waals surface area (Å²) in [5.41, 5.74) is 1.19. The molecule has 2 heterocycles. The molecule has 0 unspecified atom stereocenters. The number of nitro groups is 2. The molecule has 23 heavy (non-hydrogen) atoms. The summed E-state index contributed by atoms with van der Waals surface area (Å²) in [4.78, 5) is 24.2. The smallest absolute Gasteiger partial charge is 0.283 e. The molecule has 0 N–H and O–H groups in total. The number of nitrogens with zero attached hydrogens (tertiary/aromatic N) is 5. The summed E-state index contributed by atoms with van der Waals surface area (Å²) in [7, 11) is 0. The summed E-state index contributed by atoms with van der Waals surface area (Å²) >= 11 is 0. The molecule has 0 aliphatic carbocycles. The van der Waals surface area contributed by atoms with E-state index in [1.807, 2.05) is 48.8 Å². The summed E-state index contributed by atoms with van der Waals surface area (Å²) in [5.74, 6) is -1.37. The van der Waals surface area contributed by atoms with Crippen LogP contribution in [0, 0.1) is 20.2 Å². The van der Waals surface area contributed by atoms with Gasteiger partial charge in [0.25, 0.3) is 11.8 Å². The second kappa shape index (κ2) is 7.41. The van der Waals surface area contributed by atoms with Crippen molar-refractivity contribution in [1.82, 2.24) is 9.97 Å². The highest BCUT2D eigenvalue weighted by Crippen LogP contribution is 2.09. The molecule has 0 spiro atoms. The Bertz CT molecular complexity index is 723. The minimum Gasteiger partial charge on any atom is -0.458 e. The van der Waals surface area contributed by atoms with Crippen molar-refractivity contribution in [3.63, 3.8) is 0 Å². The third-order valence-corrected chi connectivity index (χ3v) is 2.63. The quantitative estimate of drug-likeness (QED) is 0.413. The molecule has 0 atom stereocenters. The lowest BCUT2D eigenvalue weighted by Crippen LogP contribution is -2.28. The summed E-state index contributed by atoms with van der Waals surface area (Å²) in [6.45, 7) is 0. The molecule has 0 saturated carbocycles. The molecule has 9 nitrogen and oxygen atoms in total. The average Bonchev–Trinajstić information content (AvgIpc) is 3.08. The molecule has 116 valence electrons. The zero-order valence-electron chi connectivity index (χ0n) is 11.7. The van der Waals surface area contributed by atoms with E-state index in [4.69, 9.17) is 0 Å². The highest BCUT2D eigenvalue weighted by molar-refractivity contribution is 5.21. The summed E-state index contributed by atoms with van der Waals surface area (Å²) in [5, 5.41) is 19.8. The normalized spacial score (nSPS) is 9.57. The van der Waals surface area contributed by atoms with Gasteiger partial charge in [-0.05, 0) is 4.92 Å². The zero-order chi connectivity index (χ0) is 16.7. The maximum absolute atomic E-state index is 9.92. The fourth-order valence-electron chi connectivity index (χ4n) is 1.62. The molecule has 9 heteroatoms. The number of para-hydroxylation sites is 1. The van der Waals surface area contributed by atoms with E-state index in [9.17, 15) is 20.2 Å². The van der Waals surface area contributed by atoms with E-state index >= 15 is 0 Å². The van der Waals surface area contributed by atoms with Gasteiger partial charge in [0.05, 0.1) is 0 Å². The standard InChI is InChI=1S/C11H10N.C3HN4O4/c1-3-7-11(8-4-1)12-9-5-2-6-10-12;8-6(9)2-1-4-3(5-2)7(10)11/h1-10H;1H/q+1;-1. The minimum absolute atomic E-state index is 0.614. The molecule has 0 saturated heterocycles. The molecular formula is C14H11N5O4. The lowest BCUT2D eigenvalue weighted by molar-refractivity contribution is -0.595. The first-order valence-electron chi connectivity index (χ1n) is 6.38. The Labute approximate surface area is 130 Å². The Morgan fingerprint density at radius 3 is 2.00 bits per heavy atom. The van der Waals surface area contributed by atoms with Gasteiger partial charge in [-0.2, -0.15) is 14.5 Å². The Kier molecular flexibility index (Phi) is 5.08. The molecule has 1 aromatic carbocycles. The molecule has 0 aliphatic rings. The Morgan fingerprint density at radius 2 is 1.52 bits per heavy atom. The molecule has 3 rings (SSSR count). The van der Waals surface area contributed by atoms with Crippen molar-refractivity contribution in [2.75, 3.05) is 0 Å². The monoisotopic (exact) mass is 313 g/mol. The van der Waals surface area contributed by atoms with Crippen molar-refractivity contribution in [2.24, 2.45) is 0 Å². The fraction of sp³-hybridized carbons (Fsp3) is 0. The fourth-order valence-corrected chi connectivity index (χ4v) is 1.62. The van der Waals surface area contributed by atoms with E-state index in [0.29, 0.717) is 0 Å². The van der Waals surface area contributed by atoms with Gasteiger partial charge < -0.3 is 20.2 Å². The van der Waals surface area contributed by atoms with Crippen LogP contribution in [0.2, 0.25) is 0 Å². The van der Waals surface area contributed by atoms with Crippen LogP contribution in [0.15, 0.2) is 67.1 Å². The van der Waals surface area contributed by atoms with E-state index in [0.717, 1.165) is 6.20 Å². The summed E-state index contributed by atoms with van der Waals surface area (Å²) in [6.07, 6.45) is 4.81. The predicted octanol–water partition coefficient (Wildman–Crippen LogP) is 1.82. The molecule has 3 aromatic rings. The highest BCUT2D eigenvalue weighted by Gasteiger charge is 2.05. The maximum atomic E-state index is 9.92. The van der Waals surface area contributed by atoms with Crippen LogP contribution < -0.4 is 9.55 Å². The molecule has 0 bridgehead atoms. The van der Waals surface area contributed by atoms with Crippen LogP contribution in [0.3, 0.4) is 0 Å². The van der Waals surface area contributed by atoms with Crippen LogP contribution in [-0.2, 0) is 0 Å². The van der Waals surface area contributed by atoms with E-state index in [1.54, 1.807) is 0 Å². The van der Waals surface area contributed by atoms with Gasteiger partial charge in [-0.25, -0.2) is 4.98 Å². The van der Waals surface area contributed by atoms with Crippen LogP contribution >= 0.6 is 0 Å². The summed E-state index contributed by atoms with van der Waals surface area (Å²) in [6, 6.07) is 16.3. The Balaban J connectivity index is 0.000000168. The molecule has 0 radical (unpaired) electrons. The molecule has 0 amide bonds. The molecular weight excluding hydrogens is 302 g/mol. The van der Waals surface area contributed by atoms with Gasteiger partial charge in [-0.15, -0.1) is 0 Å². The van der Waals surface area contributed by atoms with Crippen molar-refractivity contribution >= 4 is 11.8 Å². The van der Waals surface area contributed by atoms with Gasteiger partial charge in [-0.1, -0.05) is 24.3 Å². The van der Waals surface area contributed by atoms with Crippen LogP contribution in [-0.4, -0.2) is 14.8 Å². The van der Waals surface area contributed by atoms with Gasteiger partial charge in [0.1, 0.15) is 6.20 Å². The van der Waals surface area contributed by atoms with Crippen molar-refractivity contribution in [1.29, 1.82) is 0 Å². The van der Waals surface area contributed by atoms with Crippen molar-refractivity contribution in [2.45, 2.75) is 0 Å². The van der Waals surface area contributed by atoms with E-state index in [2.05, 4.69) is 26.7 Å². The molecule has 0 aliphatic heterocycles. The number of imidazole rings is 1. The first-order chi connectivity index (χ1) is 11.1. The topological polar surface area (TPSA) is 117 Å². The second-order valence-corrected chi connectivity index (χ2v) is 4.16. The third kappa shape index (κ3) is 4.43. The summed E-state index contributed by atoms with van der Waals surface area (Å²) < 4.78 is 2.08. The van der Waals surface area contributed by atoms with Crippen molar-refractivity contribution in [3.8, 4) is 5.69 Å². The number of rotatable bonds is 3. The SMILES string of the molecule is O=[N+]([O-])c1c[n-]c([N+](=O)[O-])n1.c1ccc(-[n+]2ccccc2)cc1. The molecule has 2 aromatic heterocycles. The third-order valence-electron chi connectivity index (χ3n) is 2.63. The number of aromatic nitrogens is 3. The van der Waals surface area contributed by atoms with Crippen molar-refractivity contribution in [3.05, 3.63) is 87.4 Å². The highest BCUT2D eigenvalue weighted by atomic mass is 16.6. The van der Waals surface area contributed by atoms with E-state index < -0.39 is 21.6 Å². The van der Waals surface area contributed by atoms with E-state index in [1.165, 1.54) is 5.69 Å². The van der Waals surface area contributed by atoms with Crippen LogP contribution in [0.1, 0.15) is 0 Å². The number of benzene rings is 1. The Hall–Kier alpha value is -3.62. The first kappa shape index (κ1) is 15.8. The van der Waals surface area contributed by atoms with Crippen LogP contribution in [0.25, 0.3) is 5.69 Å².